The van der Waals surface area contributed by atoms with E-state index in [-0.39, 0.29) is 14.6 Å². The van der Waals surface area contributed by atoms with Gasteiger partial charge < -0.3 is 5.73 Å². The Morgan fingerprint density at radius 3 is 2.36 bits per heavy atom. The molecule has 1 nitrogen and oxygen atoms in total. The fraction of sp³-hybridized carbons (Fsp3) is 0. The van der Waals surface area contributed by atoms with Crippen molar-refractivity contribution in [3.8, 4) is 0 Å². The quantitative estimate of drug-likeness (QED) is 0.443. The fourth-order valence-electron chi connectivity index (χ4n) is 0.580. The molecule has 0 aliphatic rings. The molecular formula is C6H3Br2F2N. The molecule has 0 aromatic heterocycles. The molecule has 0 fully saturated rings. The maximum absolute atomic E-state index is 12.8. The molecule has 0 saturated carbocycles. The van der Waals surface area contributed by atoms with Crippen LogP contribution in [-0.4, -0.2) is 0 Å². The van der Waals surface area contributed by atoms with E-state index in [1.165, 1.54) is 0 Å². The second kappa shape index (κ2) is 3.06. The van der Waals surface area contributed by atoms with Crippen LogP contribution in [-0.2, 0) is 0 Å². The normalized spacial score (nSPS) is 10.2. The number of anilines is 1. The highest BCUT2D eigenvalue weighted by Crippen LogP contribution is 2.30. The molecule has 5 heteroatoms. The molecule has 0 bridgehead atoms. The number of nitrogens with two attached hydrogens (primary N) is 1. The third kappa shape index (κ3) is 1.54. The van der Waals surface area contributed by atoms with E-state index in [0.717, 1.165) is 6.07 Å². The van der Waals surface area contributed by atoms with Gasteiger partial charge in [-0.25, -0.2) is 8.78 Å². The van der Waals surface area contributed by atoms with Gasteiger partial charge in [-0.2, -0.15) is 0 Å². The summed E-state index contributed by atoms with van der Waals surface area (Å²) in [7, 11) is 0. The molecule has 1 rings (SSSR count). The molecule has 0 aliphatic carbocycles. The summed E-state index contributed by atoms with van der Waals surface area (Å²) in [6.45, 7) is 0. The molecule has 1 aromatic rings. The van der Waals surface area contributed by atoms with Crippen molar-refractivity contribution in [3.63, 3.8) is 0 Å². The Morgan fingerprint density at radius 1 is 1.27 bits per heavy atom. The third-order valence-corrected chi connectivity index (χ3v) is 2.50. The lowest BCUT2D eigenvalue weighted by Gasteiger charge is -2.02. The van der Waals surface area contributed by atoms with Crippen LogP contribution in [0.3, 0.4) is 0 Å². The van der Waals surface area contributed by atoms with Crippen LogP contribution in [0.1, 0.15) is 0 Å². The van der Waals surface area contributed by atoms with E-state index in [1.807, 2.05) is 0 Å². The molecule has 1 aromatic carbocycles. The Kier molecular flexibility index (Phi) is 2.49. The first-order chi connectivity index (χ1) is 5.04. The predicted molar refractivity (Wildman–Crippen MR) is 46.2 cm³/mol. The van der Waals surface area contributed by atoms with Gasteiger partial charge in [0.25, 0.3) is 0 Å². The number of halogens is 4. The molecule has 0 radical (unpaired) electrons. The van der Waals surface area contributed by atoms with Crippen LogP contribution in [0.5, 0.6) is 0 Å². The van der Waals surface area contributed by atoms with Crippen molar-refractivity contribution in [1.82, 2.24) is 0 Å². The number of benzene rings is 1. The third-order valence-electron chi connectivity index (χ3n) is 1.15. The zero-order valence-electron chi connectivity index (χ0n) is 5.17. The van der Waals surface area contributed by atoms with Crippen LogP contribution in [0.15, 0.2) is 15.0 Å². The van der Waals surface area contributed by atoms with Gasteiger partial charge in [-0.05, 0) is 37.9 Å². The van der Waals surface area contributed by atoms with Gasteiger partial charge in [0.1, 0.15) is 5.82 Å². The van der Waals surface area contributed by atoms with Gasteiger partial charge in [0.15, 0.2) is 5.82 Å². The summed E-state index contributed by atoms with van der Waals surface area (Å²) in [5, 5.41) is 0. The number of hydrogen-bond donors (Lipinski definition) is 1. The molecule has 0 heterocycles. The smallest absolute Gasteiger partial charge is 0.153 e. The van der Waals surface area contributed by atoms with Gasteiger partial charge in [0.05, 0.1) is 14.6 Å². The maximum atomic E-state index is 12.8. The fourth-order valence-corrected chi connectivity index (χ4v) is 1.65. The van der Waals surface area contributed by atoms with E-state index >= 15 is 0 Å². The summed E-state index contributed by atoms with van der Waals surface area (Å²) in [4.78, 5) is 0. The number of rotatable bonds is 0. The maximum Gasteiger partial charge on any atom is 0.153 e. The van der Waals surface area contributed by atoms with Crippen LogP contribution in [0, 0.1) is 11.6 Å². The van der Waals surface area contributed by atoms with Crippen molar-refractivity contribution in [2.24, 2.45) is 0 Å². The van der Waals surface area contributed by atoms with Gasteiger partial charge in [0, 0.05) is 0 Å². The second-order valence-electron chi connectivity index (χ2n) is 1.88. The predicted octanol–water partition coefficient (Wildman–Crippen LogP) is 3.07. The van der Waals surface area contributed by atoms with E-state index in [2.05, 4.69) is 31.9 Å². The minimum absolute atomic E-state index is 0.0515. The highest BCUT2D eigenvalue weighted by Gasteiger charge is 2.11. The Labute approximate surface area is 78.8 Å². The monoisotopic (exact) mass is 285 g/mol. The Hall–Kier alpha value is -0.160. The highest BCUT2D eigenvalue weighted by molar-refractivity contribution is 9.11. The Bertz CT molecular complexity index is 275. The molecule has 0 aliphatic heterocycles. The standard InChI is InChI=1S/C6H3Br2F2N/c7-2-1-3(9)6(11)4(8)5(2)10/h1H,11H2. The minimum Gasteiger partial charge on any atom is -0.395 e. The van der Waals surface area contributed by atoms with Crippen LogP contribution >= 0.6 is 31.9 Å². The van der Waals surface area contributed by atoms with Crippen molar-refractivity contribution < 1.29 is 8.78 Å². The topological polar surface area (TPSA) is 26.0 Å². The Morgan fingerprint density at radius 2 is 1.82 bits per heavy atom. The van der Waals surface area contributed by atoms with Gasteiger partial charge in [0.2, 0.25) is 0 Å². The van der Waals surface area contributed by atoms with Crippen molar-refractivity contribution in [2.45, 2.75) is 0 Å². The molecule has 0 unspecified atom stereocenters. The number of hydrogen-bond acceptors (Lipinski definition) is 1. The molecule has 0 saturated heterocycles. The molecular weight excluding hydrogens is 284 g/mol. The van der Waals surface area contributed by atoms with Crippen molar-refractivity contribution in [3.05, 3.63) is 26.6 Å². The zero-order valence-corrected chi connectivity index (χ0v) is 8.34. The van der Waals surface area contributed by atoms with Gasteiger partial charge in [-0.3, -0.25) is 0 Å². The zero-order chi connectivity index (χ0) is 8.59. The van der Waals surface area contributed by atoms with Crippen molar-refractivity contribution >= 4 is 37.5 Å². The van der Waals surface area contributed by atoms with E-state index in [1.54, 1.807) is 0 Å². The Balaban J connectivity index is 3.46. The van der Waals surface area contributed by atoms with Crippen LogP contribution in [0.4, 0.5) is 14.5 Å². The van der Waals surface area contributed by atoms with E-state index < -0.39 is 11.6 Å². The molecule has 2 N–H and O–H groups in total. The first kappa shape index (κ1) is 8.93. The van der Waals surface area contributed by atoms with E-state index in [9.17, 15) is 8.78 Å². The first-order valence-electron chi connectivity index (χ1n) is 2.62. The largest absolute Gasteiger partial charge is 0.395 e. The SMILES string of the molecule is Nc1c(F)cc(Br)c(F)c1Br. The molecule has 11 heavy (non-hydrogen) atoms. The summed E-state index contributed by atoms with van der Waals surface area (Å²) in [6.07, 6.45) is 0. The summed E-state index contributed by atoms with van der Waals surface area (Å²) < 4.78 is 25.5. The summed E-state index contributed by atoms with van der Waals surface area (Å²) >= 11 is 5.64. The van der Waals surface area contributed by atoms with E-state index in [4.69, 9.17) is 5.73 Å². The minimum atomic E-state index is -0.648. The van der Waals surface area contributed by atoms with Crippen LogP contribution in [0.2, 0.25) is 0 Å². The number of nitrogen functional groups attached to an aromatic ring is 1. The first-order valence-corrected chi connectivity index (χ1v) is 4.21. The average Bonchev–Trinajstić information content (AvgIpc) is 1.97. The molecule has 0 atom stereocenters. The molecule has 0 spiro atoms. The van der Waals surface area contributed by atoms with Gasteiger partial charge in [-0.1, -0.05) is 0 Å². The average molecular weight is 287 g/mol. The van der Waals surface area contributed by atoms with Crippen LogP contribution < -0.4 is 5.73 Å². The summed E-state index contributed by atoms with van der Waals surface area (Å²) in [5.41, 5.74) is 4.95. The summed E-state index contributed by atoms with van der Waals surface area (Å²) in [6, 6.07) is 0.982. The summed E-state index contributed by atoms with van der Waals surface area (Å²) in [5.74, 6) is -1.24. The van der Waals surface area contributed by atoms with Gasteiger partial charge in [-0.15, -0.1) is 0 Å². The lowest BCUT2D eigenvalue weighted by atomic mass is 10.3. The van der Waals surface area contributed by atoms with Crippen molar-refractivity contribution in [2.75, 3.05) is 5.73 Å². The molecule has 60 valence electrons. The van der Waals surface area contributed by atoms with Crippen LogP contribution in [0.25, 0.3) is 0 Å². The lowest BCUT2D eigenvalue weighted by Crippen LogP contribution is -1.95. The molecule has 0 amide bonds. The van der Waals surface area contributed by atoms with Crippen molar-refractivity contribution in [1.29, 1.82) is 0 Å². The van der Waals surface area contributed by atoms with Gasteiger partial charge >= 0.3 is 0 Å². The van der Waals surface area contributed by atoms with E-state index in [0.29, 0.717) is 0 Å². The lowest BCUT2D eigenvalue weighted by molar-refractivity contribution is 0.592. The highest BCUT2D eigenvalue weighted by atomic mass is 79.9. The second-order valence-corrected chi connectivity index (χ2v) is 3.53.